The van der Waals surface area contributed by atoms with Crippen LogP contribution in [-0.2, 0) is 14.8 Å². The van der Waals surface area contributed by atoms with Crippen LogP contribution in [0.1, 0.15) is 13.3 Å². The van der Waals surface area contributed by atoms with Crippen LogP contribution in [0.5, 0.6) is 0 Å². The Balaban J connectivity index is 2.34. The number of hydrogen-bond donors (Lipinski definition) is 2. The maximum absolute atomic E-state index is 11.7. The van der Waals surface area contributed by atoms with Gasteiger partial charge < -0.3 is 10.1 Å². The Morgan fingerprint density at radius 3 is 2.87 bits per heavy atom. The second kappa shape index (κ2) is 5.79. The number of nitrogens with one attached hydrogen (secondary N) is 2. The Labute approximate surface area is 91.6 Å². The molecule has 1 aliphatic rings. The van der Waals surface area contributed by atoms with Crippen LogP contribution in [0.2, 0.25) is 0 Å². The zero-order valence-electron chi connectivity index (χ0n) is 9.32. The number of sulfonamides is 1. The molecule has 6 heteroatoms. The van der Waals surface area contributed by atoms with Crippen LogP contribution < -0.4 is 10.0 Å². The minimum atomic E-state index is -3.21. The second-order valence-corrected chi connectivity index (χ2v) is 6.20. The average molecular weight is 236 g/mol. The molecule has 0 aromatic heterocycles. The highest BCUT2D eigenvalue weighted by atomic mass is 32.2. The monoisotopic (exact) mass is 236 g/mol. The molecule has 2 N–H and O–H groups in total. The molecule has 0 radical (unpaired) electrons. The average Bonchev–Trinajstić information content (AvgIpc) is 2.68. The highest BCUT2D eigenvalue weighted by Crippen LogP contribution is 2.07. The standard InChI is InChI=1S/C9H20N2O3S/c1-8(7-14-2)15(12,13)11-6-9-3-4-10-5-9/h8-11H,3-7H2,1-2H3. The summed E-state index contributed by atoms with van der Waals surface area (Å²) in [5.74, 6) is 0.425. The van der Waals surface area contributed by atoms with Gasteiger partial charge in [0.25, 0.3) is 0 Å². The quantitative estimate of drug-likeness (QED) is 0.655. The lowest BCUT2D eigenvalue weighted by Gasteiger charge is -2.15. The molecule has 2 atom stereocenters. The van der Waals surface area contributed by atoms with E-state index in [0.29, 0.717) is 12.5 Å². The number of rotatable bonds is 6. The van der Waals surface area contributed by atoms with Crippen LogP contribution in [0, 0.1) is 5.92 Å². The molecule has 0 aromatic carbocycles. The molecular formula is C9H20N2O3S. The SMILES string of the molecule is COCC(C)S(=O)(=O)NCC1CCNC1. The van der Waals surface area contributed by atoms with Crippen LogP contribution in [0.15, 0.2) is 0 Å². The topological polar surface area (TPSA) is 67.4 Å². The largest absolute Gasteiger partial charge is 0.383 e. The molecule has 1 fully saturated rings. The molecule has 0 bridgehead atoms. The summed E-state index contributed by atoms with van der Waals surface area (Å²) in [7, 11) is -1.71. The van der Waals surface area contributed by atoms with Gasteiger partial charge in [-0.1, -0.05) is 0 Å². The molecule has 0 aromatic rings. The van der Waals surface area contributed by atoms with E-state index in [1.54, 1.807) is 6.92 Å². The van der Waals surface area contributed by atoms with Crippen LogP contribution in [0.4, 0.5) is 0 Å². The molecule has 1 heterocycles. The first-order chi connectivity index (χ1) is 7.06. The van der Waals surface area contributed by atoms with Crippen molar-refractivity contribution in [1.82, 2.24) is 10.0 Å². The van der Waals surface area contributed by atoms with Gasteiger partial charge >= 0.3 is 0 Å². The van der Waals surface area contributed by atoms with Gasteiger partial charge in [0, 0.05) is 13.7 Å². The Hall–Kier alpha value is -0.170. The highest BCUT2D eigenvalue weighted by Gasteiger charge is 2.22. The van der Waals surface area contributed by atoms with Crippen molar-refractivity contribution in [2.45, 2.75) is 18.6 Å². The lowest BCUT2D eigenvalue weighted by molar-refractivity contribution is 0.200. The summed E-state index contributed by atoms with van der Waals surface area (Å²) < 4.78 is 30.8. The summed E-state index contributed by atoms with van der Waals surface area (Å²) in [6.07, 6.45) is 1.04. The number of methoxy groups -OCH3 is 1. The molecule has 15 heavy (non-hydrogen) atoms. The summed E-state index contributed by atoms with van der Waals surface area (Å²) in [5.41, 5.74) is 0. The molecule has 90 valence electrons. The van der Waals surface area contributed by atoms with Crippen LogP contribution >= 0.6 is 0 Å². The first kappa shape index (κ1) is 12.9. The summed E-state index contributed by atoms with van der Waals surface area (Å²) in [4.78, 5) is 0. The minimum absolute atomic E-state index is 0.234. The molecule has 0 aliphatic carbocycles. The van der Waals surface area contributed by atoms with Crippen molar-refractivity contribution in [3.05, 3.63) is 0 Å². The van der Waals surface area contributed by atoms with Crippen molar-refractivity contribution < 1.29 is 13.2 Å². The van der Waals surface area contributed by atoms with Crippen molar-refractivity contribution >= 4 is 10.0 Å². The van der Waals surface area contributed by atoms with E-state index < -0.39 is 15.3 Å². The summed E-state index contributed by atoms with van der Waals surface area (Å²) in [5, 5.41) is 2.71. The van der Waals surface area contributed by atoms with Gasteiger partial charge in [-0.05, 0) is 32.4 Å². The van der Waals surface area contributed by atoms with Crippen molar-refractivity contribution in [1.29, 1.82) is 0 Å². The number of ether oxygens (including phenoxy) is 1. The van der Waals surface area contributed by atoms with Crippen LogP contribution in [0.3, 0.4) is 0 Å². The van der Waals surface area contributed by atoms with E-state index in [9.17, 15) is 8.42 Å². The van der Waals surface area contributed by atoms with E-state index in [-0.39, 0.29) is 6.61 Å². The molecule has 1 saturated heterocycles. The van der Waals surface area contributed by atoms with Gasteiger partial charge in [-0.25, -0.2) is 13.1 Å². The van der Waals surface area contributed by atoms with Crippen LogP contribution in [0.25, 0.3) is 0 Å². The molecule has 0 saturated carbocycles. The Morgan fingerprint density at radius 1 is 1.60 bits per heavy atom. The molecule has 1 rings (SSSR count). The van der Waals surface area contributed by atoms with Crippen molar-refractivity contribution in [3.63, 3.8) is 0 Å². The molecule has 0 amide bonds. The van der Waals surface area contributed by atoms with E-state index in [2.05, 4.69) is 10.0 Å². The lowest BCUT2D eigenvalue weighted by Crippen LogP contribution is -2.38. The van der Waals surface area contributed by atoms with Crippen molar-refractivity contribution in [3.8, 4) is 0 Å². The van der Waals surface area contributed by atoms with E-state index >= 15 is 0 Å². The molecule has 1 aliphatic heterocycles. The predicted molar refractivity (Wildman–Crippen MR) is 59.2 cm³/mol. The van der Waals surface area contributed by atoms with Crippen molar-refractivity contribution in [2.24, 2.45) is 5.92 Å². The van der Waals surface area contributed by atoms with Crippen LogP contribution in [-0.4, -0.2) is 47.0 Å². The lowest BCUT2D eigenvalue weighted by atomic mass is 10.1. The zero-order valence-corrected chi connectivity index (χ0v) is 10.1. The fourth-order valence-corrected chi connectivity index (χ4v) is 2.66. The second-order valence-electron chi connectivity index (χ2n) is 4.02. The predicted octanol–water partition coefficient (Wildman–Crippen LogP) is -0.450. The summed E-state index contributed by atoms with van der Waals surface area (Å²) in [6, 6.07) is 0. The Morgan fingerprint density at radius 2 is 2.33 bits per heavy atom. The fraction of sp³-hybridized carbons (Fsp3) is 1.00. The van der Waals surface area contributed by atoms with Gasteiger partial charge in [-0.3, -0.25) is 0 Å². The highest BCUT2D eigenvalue weighted by molar-refractivity contribution is 7.90. The van der Waals surface area contributed by atoms with Gasteiger partial charge in [0.15, 0.2) is 0 Å². The van der Waals surface area contributed by atoms with Gasteiger partial charge in [0.05, 0.1) is 11.9 Å². The smallest absolute Gasteiger partial charge is 0.216 e. The maximum atomic E-state index is 11.7. The van der Waals surface area contributed by atoms with E-state index in [0.717, 1.165) is 19.5 Å². The molecule has 5 nitrogen and oxygen atoms in total. The van der Waals surface area contributed by atoms with Gasteiger partial charge in [-0.2, -0.15) is 0 Å². The van der Waals surface area contributed by atoms with Gasteiger partial charge in [0.1, 0.15) is 0 Å². The summed E-state index contributed by atoms with van der Waals surface area (Å²) in [6.45, 7) is 4.31. The zero-order chi connectivity index (χ0) is 11.3. The van der Waals surface area contributed by atoms with Crippen molar-refractivity contribution in [2.75, 3.05) is 33.4 Å². The summed E-state index contributed by atoms with van der Waals surface area (Å²) >= 11 is 0. The third-order valence-electron chi connectivity index (χ3n) is 2.67. The van der Waals surface area contributed by atoms with Gasteiger partial charge in [0.2, 0.25) is 10.0 Å². The van der Waals surface area contributed by atoms with E-state index in [1.165, 1.54) is 7.11 Å². The molecule has 2 unspecified atom stereocenters. The van der Waals surface area contributed by atoms with E-state index in [1.807, 2.05) is 0 Å². The Kier molecular flexibility index (Phi) is 4.98. The third-order valence-corrected chi connectivity index (χ3v) is 4.43. The fourth-order valence-electron chi connectivity index (χ4n) is 1.59. The normalized spacial score (nSPS) is 24.3. The van der Waals surface area contributed by atoms with Gasteiger partial charge in [-0.15, -0.1) is 0 Å². The Bertz CT molecular complexity index is 273. The number of hydrogen-bond acceptors (Lipinski definition) is 4. The molecule has 0 spiro atoms. The first-order valence-electron chi connectivity index (χ1n) is 5.24. The first-order valence-corrected chi connectivity index (χ1v) is 6.79. The maximum Gasteiger partial charge on any atom is 0.216 e. The third kappa shape index (κ3) is 4.06. The molecular weight excluding hydrogens is 216 g/mol. The van der Waals surface area contributed by atoms with E-state index in [4.69, 9.17) is 4.74 Å². The minimum Gasteiger partial charge on any atom is -0.383 e.